The predicted molar refractivity (Wildman–Crippen MR) is 68.2 cm³/mol. The summed E-state index contributed by atoms with van der Waals surface area (Å²) in [5.74, 6) is 0.575. The largest absolute Gasteiger partial charge is 0.384 e. The molecule has 2 aliphatic rings. The third-order valence-corrected chi connectivity index (χ3v) is 4.62. The van der Waals surface area contributed by atoms with Crippen molar-refractivity contribution >= 4 is 17.5 Å². The highest BCUT2D eigenvalue weighted by Gasteiger charge is 2.49. The fourth-order valence-electron chi connectivity index (χ4n) is 3.53. The van der Waals surface area contributed by atoms with Crippen LogP contribution >= 0.6 is 11.6 Å². The minimum absolute atomic E-state index is 0.0801. The number of halogens is 1. The molecule has 1 aliphatic carbocycles. The van der Waals surface area contributed by atoms with Gasteiger partial charge in [-0.3, -0.25) is 4.79 Å². The van der Waals surface area contributed by atoms with Crippen LogP contribution in [0.25, 0.3) is 0 Å². The monoisotopic (exact) mass is 259 g/mol. The molecule has 0 aromatic carbocycles. The van der Waals surface area contributed by atoms with E-state index in [-0.39, 0.29) is 5.91 Å². The van der Waals surface area contributed by atoms with E-state index in [0.29, 0.717) is 11.3 Å². The normalized spacial score (nSPS) is 28.9. The number of ether oxygens (including phenoxy) is 1. The van der Waals surface area contributed by atoms with Gasteiger partial charge in [0.25, 0.3) is 0 Å². The first-order valence-electron chi connectivity index (χ1n) is 6.51. The van der Waals surface area contributed by atoms with Gasteiger partial charge in [-0.2, -0.15) is 0 Å². The molecule has 0 bridgehead atoms. The average Bonchev–Trinajstić information content (AvgIpc) is 2.88. The zero-order chi connectivity index (χ0) is 12.5. The molecule has 17 heavy (non-hydrogen) atoms. The summed E-state index contributed by atoms with van der Waals surface area (Å²) in [6, 6.07) is 0. The van der Waals surface area contributed by atoms with Gasteiger partial charge in [0.05, 0.1) is 6.61 Å². The Bertz CT molecular complexity index is 287. The summed E-state index contributed by atoms with van der Waals surface area (Å²) in [7, 11) is 1.75. The third-order valence-electron chi connectivity index (χ3n) is 4.43. The van der Waals surface area contributed by atoms with Gasteiger partial charge >= 0.3 is 0 Å². The summed E-state index contributed by atoms with van der Waals surface area (Å²) in [4.78, 5) is 13.9. The molecule has 0 aromatic heterocycles. The van der Waals surface area contributed by atoms with E-state index in [1.165, 1.54) is 25.7 Å². The van der Waals surface area contributed by atoms with Gasteiger partial charge < -0.3 is 9.64 Å². The molecule has 1 heterocycles. The van der Waals surface area contributed by atoms with E-state index in [9.17, 15) is 4.79 Å². The van der Waals surface area contributed by atoms with Gasteiger partial charge in [0.1, 0.15) is 5.38 Å². The molecular formula is C13H22ClNO2. The number of likely N-dealkylation sites (tertiary alicyclic amines) is 1. The lowest BCUT2D eigenvalue weighted by Gasteiger charge is -2.29. The molecule has 2 rings (SSSR count). The molecule has 2 fully saturated rings. The van der Waals surface area contributed by atoms with Crippen LogP contribution < -0.4 is 0 Å². The van der Waals surface area contributed by atoms with Crippen LogP contribution in [0.15, 0.2) is 0 Å². The minimum atomic E-state index is -0.408. The molecule has 0 radical (unpaired) electrons. The van der Waals surface area contributed by atoms with Crippen LogP contribution in [-0.2, 0) is 9.53 Å². The standard InChI is InChI=1S/C13H22ClNO2/c1-10(14)12(16)15-7-11(8-17-2)13(9-15)5-3-4-6-13/h10-11H,3-9H2,1-2H3/t10-,11-/m0/s1. The fraction of sp³-hybridized carbons (Fsp3) is 0.923. The first-order valence-corrected chi connectivity index (χ1v) is 6.94. The molecule has 0 unspecified atom stereocenters. The Morgan fingerprint density at radius 2 is 2.18 bits per heavy atom. The minimum Gasteiger partial charge on any atom is -0.384 e. The van der Waals surface area contributed by atoms with E-state index in [0.717, 1.165) is 19.7 Å². The maximum Gasteiger partial charge on any atom is 0.240 e. The highest BCUT2D eigenvalue weighted by Crippen LogP contribution is 2.49. The van der Waals surface area contributed by atoms with E-state index >= 15 is 0 Å². The SMILES string of the molecule is COC[C@@H]1CN(C(=O)[C@H](C)Cl)CC12CCCC2. The quantitative estimate of drug-likeness (QED) is 0.728. The van der Waals surface area contributed by atoms with Crippen molar-refractivity contribution in [3.8, 4) is 0 Å². The zero-order valence-electron chi connectivity index (χ0n) is 10.7. The number of carbonyl (C=O) groups is 1. The Kier molecular flexibility index (Phi) is 3.99. The van der Waals surface area contributed by atoms with Gasteiger partial charge in [-0.1, -0.05) is 12.8 Å². The number of rotatable bonds is 3. The molecule has 0 aromatic rings. The summed E-state index contributed by atoms with van der Waals surface area (Å²) >= 11 is 5.91. The van der Waals surface area contributed by atoms with Crippen LogP contribution in [0.1, 0.15) is 32.6 Å². The first kappa shape index (κ1) is 13.2. The van der Waals surface area contributed by atoms with Crippen molar-refractivity contribution in [3.63, 3.8) is 0 Å². The maximum absolute atomic E-state index is 12.0. The number of methoxy groups -OCH3 is 1. The van der Waals surface area contributed by atoms with Gasteiger partial charge in [-0.05, 0) is 25.2 Å². The van der Waals surface area contributed by atoms with Crippen molar-refractivity contribution in [1.82, 2.24) is 4.90 Å². The average molecular weight is 260 g/mol. The molecule has 1 amide bonds. The molecule has 1 saturated carbocycles. The lowest BCUT2D eigenvalue weighted by molar-refractivity contribution is -0.129. The summed E-state index contributed by atoms with van der Waals surface area (Å²) in [6.07, 6.45) is 5.06. The predicted octanol–water partition coefficient (Wildman–Crippen LogP) is 2.28. The number of alkyl halides is 1. The Balaban J connectivity index is 2.09. The van der Waals surface area contributed by atoms with Crippen molar-refractivity contribution < 1.29 is 9.53 Å². The lowest BCUT2D eigenvalue weighted by atomic mass is 9.77. The van der Waals surface area contributed by atoms with Gasteiger partial charge in [0.15, 0.2) is 0 Å². The van der Waals surface area contributed by atoms with Crippen molar-refractivity contribution in [2.45, 2.75) is 38.0 Å². The van der Waals surface area contributed by atoms with Crippen molar-refractivity contribution in [1.29, 1.82) is 0 Å². The number of amides is 1. The Morgan fingerprint density at radius 3 is 2.71 bits per heavy atom. The van der Waals surface area contributed by atoms with Crippen LogP contribution in [0, 0.1) is 11.3 Å². The number of hydrogen-bond acceptors (Lipinski definition) is 2. The first-order chi connectivity index (χ1) is 8.09. The molecule has 98 valence electrons. The van der Waals surface area contributed by atoms with Gasteiger partial charge in [-0.25, -0.2) is 0 Å². The topological polar surface area (TPSA) is 29.5 Å². The number of hydrogen-bond donors (Lipinski definition) is 0. The Morgan fingerprint density at radius 1 is 1.53 bits per heavy atom. The van der Waals surface area contributed by atoms with E-state index in [4.69, 9.17) is 16.3 Å². The van der Waals surface area contributed by atoms with E-state index in [1.807, 2.05) is 4.90 Å². The molecule has 0 N–H and O–H groups in total. The molecule has 1 spiro atoms. The molecule has 3 nitrogen and oxygen atoms in total. The smallest absolute Gasteiger partial charge is 0.240 e. The molecule has 4 heteroatoms. The maximum atomic E-state index is 12.0. The van der Waals surface area contributed by atoms with E-state index in [2.05, 4.69) is 0 Å². The Hall–Kier alpha value is -0.280. The van der Waals surface area contributed by atoms with Crippen LogP contribution in [-0.4, -0.2) is 43.0 Å². The molecule has 1 saturated heterocycles. The van der Waals surface area contributed by atoms with Crippen LogP contribution in [0.4, 0.5) is 0 Å². The summed E-state index contributed by atoms with van der Waals surface area (Å²) < 4.78 is 5.33. The van der Waals surface area contributed by atoms with E-state index in [1.54, 1.807) is 14.0 Å². The second-order valence-corrected chi connectivity index (χ2v) is 6.21. The van der Waals surface area contributed by atoms with Crippen LogP contribution in [0.5, 0.6) is 0 Å². The Labute approximate surface area is 108 Å². The summed E-state index contributed by atoms with van der Waals surface area (Å²) in [5.41, 5.74) is 0.317. The second kappa shape index (κ2) is 5.15. The third kappa shape index (κ3) is 2.45. The fourth-order valence-corrected chi connectivity index (χ4v) is 3.67. The van der Waals surface area contributed by atoms with Gasteiger partial charge in [-0.15, -0.1) is 11.6 Å². The van der Waals surface area contributed by atoms with Crippen LogP contribution in [0.3, 0.4) is 0 Å². The zero-order valence-corrected chi connectivity index (χ0v) is 11.5. The highest BCUT2D eigenvalue weighted by atomic mass is 35.5. The summed E-state index contributed by atoms with van der Waals surface area (Å²) in [5, 5.41) is -0.408. The second-order valence-electron chi connectivity index (χ2n) is 5.56. The van der Waals surface area contributed by atoms with Crippen LogP contribution in [0.2, 0.25) is 0 Å². The van der Waals surface area contributed by atoms with E-state index < -0.39 is 5.38 Å². The van der Waals surface area contributed by atoms with Crippen molar-refractivity contribution in [2.75, 3.05) is 26.8 Å². The molecular weight excluding hydrogens is 238 g/mol. The number of nitrogens with zero attached hydrogens (tertiary/aromatic N) is 1. The summed E-state index contributed by atoms with van der Waals surface area (Å²) in [6.45, 7) is 4.23. The highest BCUT2D eigenvalue weighted by molar-refractivity contribution is 6.30. The van der Waals surface area contributed by atoms with Gasteiger partial charge in [0, 0.05) is 26.1 Å². The van der Waals surface area contributed by atoms with Crippen molar-refractivity contribution in [2.24, 2.45) is 11.3 Å². The number of carbonyl (C=O) groups excluding carboxylic acids is 1. The molecule has 2 atom stereocenters. The lowest BCUT2D eigenvalue weighted by Crippen LogP contribution is -2.35. The van der Waals surface area contributed by atoms with Crippen molar-refractivity contribution in [3.05, 3.63) is 0 Å². The van der Waals surface area contributed by atoms with Gasteiger partial charge in [0.2, 0.25) is 5.91 Å². The molecule has 1 aliphatic heterocycles.